The molecule has 1 heterocycles. The van der Waals surface area contributed by atoms with Crippen LogP contribution in [-0.4, -0.2) is 100 Å². The molecule has 0 aromatic heterocycles. The number of benzene rings is 2. The Bertz CT molecular complexity index is 1920. The number of rotatable bonds is 10. The van der Waals surface area contributed by atoms with Crippen molar-refractivity contribution in [1.29, 1.82) is 0 Å². The summed E-state index contributed by atoms with van der Waals surface area (Å²) in [5, 5.41) is 25.7. The number of esters is 4. The number of carbonyl (C=O) groups is 5. The second kappa shape index (κ2) is 15.4. The molecule has 308 valence electrons. The van der Waals surface area contributed by atoms with Crippen LogP contribution in [0.1, 0.15) is 97.0 Å². The lowest BCUT2D eigenvalue weighted by Gasteiger charge is -2.67. The summed E-state index contributed by atoms with van der Waals surface area (Å²) in [6.45, 7) is 13.9. The summed E-state index contributed by atoms with van der Waals surface area (Å²) >= 11 is 0. The minimum absolute atomic E-state index is 0.118. The zero-order valence-electron chi connectivity index (χ0n) is 34.0. The second-order valence-corrected chi connectivity index (χ2v) is 17.0. The predicted molar refractivity (Wildman–Crippen MR) is 203 cm³/mol. The standard InChI is InChI=1S/C44H54O13/c1-23(2)53-34(24(3)28-16-12-10-13-17-28)40(50)55-30-21-44(51)38(56-39(49)29-18-14-11-15-19-29)36-42(9,31(47)20-32-43(36,22-52-32)57-27(6)46)37(48)35(54-26(5)45)33(25(30)4)41(44,7)8/h10-19,23-24,30-32,34-36,38,47,51H,20-22H2,1-9H3/t24-,30-,31-,32+,34+,35+,36-,38-,42+,43-,44+/m1/s1. The first-order valence-electron chi connectivity index (χ1n) is 19.5. The van der Waals surface area contributed by atoms with Gasteiger partial charge in [0.15, 0.2) is 23.6 Å². The summed E-state index contributed by atoms with van der Waals surface area (Å²) in [5.41, 5.74) is -6.10. The van der Waals surface area contributed by atoms with Crippen molar-refractivity contribution in [3.63, 3.8) is 0 Å². The Kier molecular flexibility index (Phi) is 11.4. The lowest BCUT2D eigenvalue weighted by Crippen LogP contribution is -2.82. The molecular formula is C44H54O13. The van der Waals surface area contributed by atoms with E-state index in [1.54, 1.807) is 52.8 Å². The fourth-order valence-electron chi connectivity index (χ4n) is 9.83. The lowest BCUT2D eigenvalue weighted by molar-refractivity contribution is -0.346. The van der Waals surface area contributed by atoms with E-state index in [2.05, 4.69) is 0 Å². The van der Waals surface area contributed by atoms with Gasteiger partial charge in [0.1, 0.15) is 23.9 Å². The Hall–Kier alpha value is -4.43. The molecule has 0 amide bonds. The minimum atomic E-state index is -2.26. The SMILES string of the molecule is CC(=O)O[C@@H]1C(=O)[C@@]2(C)[C@H](O)C[C@@H]3OC[C@]3(OC(C)=O)[C@@H]2[C@@H](OC(=O)c2ccccc2)[C@@]2(O)C[C@@H](OC(=O)[C@@H](OC(C)C)[C@H](C)c3ccccc3)C(C)=C1C2(C)C. The fraction of sp³-hybridized carbons (Fsp3) is 0.568. The first-order valence-corrected chi connectivity index (χ1v) is 19.5. The molecule has 57 heavy (non-hydrogen) atoms. The topological polar surface area (TPSA) is 181 Å². The Labute approximate surface area is 333 Å². The van der Waals surface area contributed by atoms with Crippen LogP contribution in [0.3, 0.4) is 0 Å². The van der Waals surface area contributed by atoms with Gasteiger partial charge in [-0.05, 0) is 56.5 Å². The Balaban J connectivity index is 1.59. The van der Waals surface area contributed by atoms with E-state index >= 15 is 4.79 Å². The third kappa shape index (κ3) is 7.00. The molecule has 0 radical (unpaired) electrons. The van der Waals surface area contributed by atoms with Crippen molar-refractivity contribution < 1.29 is 62.6 Å². The van der Waals surface area contributed by atoms with Crippen molar-refractivity contribution in [2.24, 2.45) is 16.7 Å². The molecule has 0 unspecified atom stereocenters. The number of hydrogen-bond acceptors (Lipinski definition) is 13. The van der Waals surface area contributed by atoms with Crippen LogP contribution in [0.2, 0.25) is 0 Å². The van der Waals surface area contributed by atoms with E-state index in [9.17, 15) is 29.4 Å². The number of hydrogen-bond donors (Lipinski definition) is 2. The summed E-state index contributed by atoms with van der Waals surface area (Å²) < 4.78 is 36.8. The van der Waals surface area contributed by atoms with E-state index in [0.29, 0.717) is 5.57 Å². The normalized spacial score (nSPS) is 33.9. The molecule has 1 saturated heterocycles. The third-order valence-electron chi connectivity index (χ3n) is 12.9. The van der Waals surface area contributed by atoms with Gasteiger partial charge in [-0.25, -0.2) is 9.59 Å². The van der Waals surface area contributed by atoms with Crippen molar-refractivity contribution in [3.8, 4) is 0 Å². The highest BCUT2D eigenvalue weighted by Gasteiger charge is 2.78. The van der Waals surface area contributed by atoms with Gasteiger partial charge >= 0.3 is 23.9 Å². The van der Waals surface area contributed by atoms with Gasteiger partial charge in [-0.2, -0.15) is 0 Å². The highest BCUT2D eigenvalue weighted by atomic mass is 16.6. The summed E-state index contributed by atoms with van der Waals surface area (Å²) in [7, 11) is 0. The largest absolute Gasteiger partial charge is 0.456 e. The lowest BCUT2D eigenvalue weighted by atomic mass is 9.44. The average Bonchev–Trinajstić information content (AvgIpc) is 3.15. The Morgan fingerprint density at radius 1 is 0.877 bits per heavy atom. The molecule has 6 rings (SSSR count). The van der Waals surface area contributed by atoms with Crippen molar-refractivity contribution >= 4 is 29.7 Å². The van der Waals surface area contributed by atoms with Gasteiger partial charge in [-0.15, -0.1) is 0 Å². The maximum absolute atomic E-state index is 15.4. The van der Waals surface area contributed by atoms with Gasteiger partial charge in [0, 0.05) is 38.0 Å². The number of Topliss-reactive ketones (excluding diaryl/α,β-unsaturated/α-hetero) is 1. The van der Waals surface area contributed by atoms with Crippen molar-refractivity contribution in [2.75, 3.05) is 6.61 Å². The van der Waals surface area contributed by atoms with E-state index < -0.39 is 100 Å². The monoisotopic (exact) mass is 790 g/mol. The molecule has 1 aliphatic heterocycles. The molecule has 4 aliphatic rings. The van der Waals surface area contributed by atoms with Crippen LogP contribution in [0.5, 0.6) is 0 Å². The Morgan fingerprint density at radius 3 is 2.04 bits per heavy atom. The smallest absolute Gasteiger partial charge is 0.338 e. The number of ether oxygens (including phenoxy) is 6. The van der Waals surface area contributed by atoms with Crippen LogP contribution in [0, 0.1) is 16.7 Å². The number of aliphatic hydroxyl groups is 2. The van der Waals surface area contributed by atoms with Crippen LogP contribution < -0.4 is 0 Å². The average molecular weight is 791 g/mol. The molecule has 2 aromatic rings. The summed E-state index contributed by atoms with van der Waals surface area (Å²) in [6.07, 6.45) is -9.19. The van der Waals surface area contributed by atoms with E-state index in [0.717, 1.165) is 12.5 Å². The Morgan fingerprint density at radius 2 is 1.49 bits per heavy atom. The molecule has 3 aliphatic carbocycles. The van der Waals surface area contributed by atoms with Crippen molar-refractivity contribution in [1.82, 2.24) is 0 Å². The van der Waals surface area contributed by atoms with E-state index in [-0.39, 0.29) is 36.7 Å². The second-order valence-electron chi connectivity index (χ2n) is 17.0. The quantitative estimate of drug-likeness (QED) is 0.191. The summed E-state index contributed by atoms with van der Waals surface area (Å²) in [5.74, 6) is -5.89. The zero-order valence-corrected chi connectivity index (χ0v) is 34.0. The van der Waals surface area contributed by atoms with Gasteiger partial charge in [-0.3, -0.25) is 14.4 Å². The highest BCUT2D eigenvalue weighted by molar-refractivity contribution is 5.95. The fourth-order valence-corrected chi connectivity index (χ4v) is 9.83. The van der Waals surface area contributed by atoms with Crippen LogP contribution in [0.4, 0.5) is 0 Å². The molecule has 11 atom stereocenters. The number of ketones is 1. The molecule has 3 fully saturated rings. The van der Waals surface area contributed by atoms with Crippen LogP contribution in [0.15, 0.2) is 71.8 Å². The molecule has 2 bridgehead atoms. The molecule has 0 spiro atoms. The molecule has 13 nitrogen and oxygen atoms in total. The molecule has 2 N–H and O–H groups in total. The van der Waals surface area contributed by atoms with Gasteiger partial charge < -0.3 is 38.6 Å². The van der Waals surface area contributed by atoms with Crippen molar-refractivity contribution in [3.05, 3.63) is 82.9 Å². The zero-order chi connectivity index (χ0) is 41.8. The molecular weight excluding hydrogens is 736 g/mol. The molecule has 2 saturated carbocycles. The van der Waals surface area contributed by atoms with Gasteiger partial charge in [0.25, 0.3) is 0 Å². The predicted octanol–water partition coefficient (Wildman–Crippen LogP) is 4.80. The van der Waals surface area contributed by atoms with Crippen LogP contribution >= 0.6 is 0 Å². The van der Waals surface area contributed by atoms with Gasteiger partial charge in [-0.1, -0.05) is 69.3 Å². The minimum Gasteiger partial charge on any atom is -0.456 e. The number of aliphatic hydroxyl groups excluding tert-OH is 1. The first kappa shape index (κ1) is 42.2. The van der Waals surface area contributed by atoms with E-state index in [1.807, 2.05) is 37.3 Å². The van der Waals surface area contributed by atoms with Gasteiger partial charge in [0.05, 0.1) is 35.7 Å². The molecule has 2 aromatic carbocycles. The summed E-state index contributed by atoms with van der Waals surface area (Å²) in [4.78, 5) is 70.0. The molecule has 13 heteroatoms. The third-order valence-corrected chi connectivity index (χ3v) is 12.9. The first-order chi connectivity index (χ1) is 26.7. The van der Waals surface area contributed by atoms with E-state index in [1.165, 1.54) is 26.0 Å². The van der Waals surface area contributed by atoms with E-state index in [4.69, 9.17) is 28.4 Å². The highest BCUT2D eigenvalue weighted by Crippen LogP contribution is 2.64. The van der Waals surface area contributed by atoms with Gasteiger partial charge in [0.2, 0.25) is 0 Å². The van der Waals surface area contributed by atoms with Crippen LogP contribution in [-0.2, 0) is 47.6 Å². The van der Waals surface area contributed by atoms with Crippen LogP contribution in [0.25, 0.3) is 0 Å². The maximum Gasteiger partial charge on any atom is 0.338 e. The maximum atomic E-state index is 15.4. The number of carbonyl (C=O) groups excluding carboxylic acids is 5. The van der Waals surface area contributed by atoms with Crippen molar-refractivity contribution in [2.45, 2.75) is 135 Å². The summed E-state index contributed by atoms with van der Waals surface area (Å²) in [6, 6.07) is 17.3. The number of fused-ring (bicyclic) bond motifs is 5.